The lowest BCUT2D eigenvalue weighted by Gasteiger charge is -2.31. The van der Waals surface area contributed by atoms with E-state index in [9.17, 15) is 4.79 Å². The predicted octanol–water partition coefficient (Wildman–Crippen LogP) is 2.64. The molecule has 0 bridgehead atoms. The Morgan fingerprint density at radius 2 is 2.04 bits per heavy atom. The molecule has 1 aliphatic heterocycles. The van der Waals surface area contributed by atoms with Crippen LogP contribution in [-0.2, 0) is 6.54 Å². The Hall–Kier alpha value is -2.43. The Kier molecular flexibility index (Phi) is 4.86. The zero-order chi connectivity index (χ0) is 16.1. The van der Waals surface area contributed by atoms with Gasteiger partial charge in [-0.1, -0.05) is 37.3 Å². The van der Waals surface area contributed by atoms with E-state index < -0.39 is 0 Å². The summed E-state index contributed by atoms with van der Waals surface area (Å²) in [4.78, 5) is 14.4. The highest BCUT2D eigenvalue weighted by Crippen LogP contribution is 2.20. The van der Waals surface area contributed by atoms with Crippen molar-refractivity contribution >= 4 is 11.7 Å². The van der Waals surface area contributed by atoms with Crippen LogP contribution in [0.2, 0.25) is 0 Å². The van der Waals surface area contributed by atoms with E-state index in [-0.39, 0.29) is 5.91 Å². The van der Waals surface area contributed by atoms with E-state index in [1.165, 1.54) is 12.8 Å². The zero-order valence-electron chi connectivity index (χ0n) is 13.4. The molecular formula is C18H22N4O. The third-order valence-electron chi connectivity index (χ3n) is 4.16. The molecule has 1 N–H and O–H groups in total. The molecule has 0 spiro atoms. The lowest BCUT2D eigenvalue weighted by Crippen LogP contribution is -2.35. The summed E-state index contributed by atoms with van der Waals surface area (Å²) in [5, 5.41) is 11.2. The van der Waals surface area contributed by atoms with E-state index in [0.717, 1.165) is 24.5 Å². The number of amides is 1. The van der Waals surface area contributed by atoms with Gasteiger partial charge in [0.2, 0.25) is 0 Å². The summed E-state index contributed by atoms with van der Waals surface area (Å²) < 4.78 is 0. The number of carbonyl (C=O) groups is 1. The Morgan fingerprint density at radius 3 is 2.74 bits per heavy atom. The van der Waals surface area contributed by atoms with Gasteiger partial charge in [-0.2, -0.15) is 0 Å². The van der Waals surface area contributed by atoms with Gasteiger partial charge in [0.05, 0.1) is 0 Å². The van der Waals surface area contributed by atoms with E-state index >= 15 is 0 Å². The quantitative estimate of drug-likeness (QED) is 0.943. The third kappa shape index (κ3) is 4.06. The topological polar surface area (TPSA) is 58.1 Å². The molecule has 1 amide bonds. The first-order valence-corrected chi connectivity index (χ1v) is 8.13. The Morgan fingerprint density at radius 1 is 1.22 bits per heavy atom. The van der Waals surface area contributed by atoms with Crippen molar-refractivity contribution in [2.24, 2.45) is 5.92 Å². The number of rotatable bonds is 4. The third-order valence-corrected chi connectivity index (χ3v) is 4.16. The van der Waals surface area contributed by atoms with E-state index in [4.69, 9.17) is 0 Å². The molecule has 23 heavy (non-hydrogen) atoms. The summed E-state index contributed by atoms with van der Waals surface area (Å²) in [6.45, 7) is 4.77. The minimum atomic E-state index is -0.195. The van der Waals surface area contributed by atoms with Crippen molar-refractivity contribution in [2.75, 3.05) is 18.0 Å². The smallest absolute Gasteiger partial charge is 0.272 e. The van der Waals surface area contributed by atoms with Gasteiger partial charge in [-0.05, 0) is 36.5 Å². The zero-order valence-corrected chi connectivity index (χ0v) is 13.4. The van der Waals surface area contributed by atoms with Gasteiger partial charge in [0.15, 0.2) is 11.5 Å². The fourth-order valence-electron chi connectivity index (χ4n) is 2.88. The Labute approximate surface area is 136 Å². The van der Waals surface area contributed by atoms with Crippen LogP contribution in [-0.4, -0.2) is 29.2 Å². The van der Waals surface area contributed by atoms with E-state index in [1.807, 2.05) is 36.4 Å². The Balaban J connectivity index is 1.59. The van der Waals surface area contributed by atoms with Crippen molar-refractivity contribution in [3.05, 3.63) is 53.7 Å². The summed E-state index contributed by atoms with van der Waals surface area (Å²) in [6.07, 6.45) is 2.45. The van der Waals surface area contributed by atoms with Crippen LogP contribution >= 0.6 is 0 Å². The summed E-state index contributed by atoms with van der Waals surface area (Å²) in [5.41, 5.74) is 1.42. The molecule has 2 heterocycles. The second-order valence-electron chi connectivity index (χ2n) is 6.14. The molecule has 2 aromatic rings. The lowest BCUT2D eigenvalue weighted by atomic mass is 10.0. The number of hydrogen-bond donors (Lipinski definition) is 1. The first-order valence-electron chi connectivity index (χ1n) is 8.13. The number of hydrogen-bond acceptors (Lipinski definition) is 4. The molecule has 0 radical (unpaired) electrons. The van der Waals surface area contributed by atoms with E-state index in [0.29, 0.717) is 18.2 Å². The van der Waals surface area contributed by atoms with E-state index in [1.54, 1.807) is 6.07 Å². The highest BCUT2D eigenvalue weighted by molar-refractivity contribution is 5.92. The molecule has 3 rings (SSSR count). The highest BCUT2D eigenvalue weighted by Gasteiger charge is 2.18. The largest absolute Gasteiger partial charge is 0.355 e. The van der Waals surface area contributed by atoms with Crippen LogP contribution < -0.4 is 10.2 Å². The summed E-state index contributed by atoms with van der Waals surface area (Å²) in [7, 11) is 0. The molecule has 0 saturated carbocycles. The first kappa shape index (κ1) is 15.5. The van der Waals surface area contributed by atoms with Gasteiger partial charge in [0, 0.05) is 19.6 Å². The van der Waals surface area contributed by atoms with Gasteiger partial charge in [-0.25, -0.2) is 0 Å². The molecule has 1 atom stereocenters. The van der Waals surface area contributed by atoms with Crippen LogP contribution in [0.15, 0.2) is 42.5 Å². The maximum Gasteiger partial charge on any atom is 0.272 e. The molecular weight excluding hydrogens is 288 g/mol. The maximum absolute atomic E-state index is 12.1. The molecule has 5 heteroatoms. The highest BCUT2D eigenvalue weighted by atomic mass is 16.1. The van der Waals surface area contributed by atoms with E-state index in [2.05, 4.69) is 27.3 Å². The van der Waals surface area contributed by atoms with Crippen molar-refractivity contribution in [1.29, 1.82) is 0 Å². The van der Waals surface area contributed by atoms with Gasteiger partial charge in [-0.15, -0.1) is 10.2 Å². The summed E-state index contributed by atoms with van der Waals surface area (Å²) in [6, 6.07) is 13.5. The van der Waals surface area contributed by atoms with Crippen LogP contribution in [0, 0.1) is 5.92 Å². The minimum absolute atomic E-state index is 0.195. The number of anilines is 1. The average molecular weight is 310 g/mol. The average Bonchev–Trinajstić information content (AvgIpc) is 2.61. The fourth-order valence-corrected chi connectivity index (χ4v) is 2.88. The second-order valence-corrected chi connectivity index (χ2v) is 6.14. The van der Waals surface area contributed by atoms with Crippen LogP contribution in [0.4, 0.5) is 5.82 Å². The molecule has 0 aliphatic carbocycles. The van der Waals surface area contributed by atoms with Crippen LogP contribution in [0.1, 0.15) is 35.8 Å². The van der Waals surface area contributed by atoms with Crippen molar-refractivity contribution in [3.63, 3.8) is 0 Å². The minimum Gasteiger partial charge on any atom is -0.355 e. The number of nitrogens with one attached hydrogen (secondary N) is 1. The van der Waals surface area contributed by atoms with Crippen molar-refractivity contribution in [1.82, 2.24) is 15.5 Å². The number of nitrogens with zero attached hydrogens (tertiary/aromatic N) is 3. The molecule has 1 aromatic carbocycles. The van der Waals surface area contributed by atoms with Crippen LogP contribution in [0.25, 0.3) is 0 Å². The molecule has 1 aromatic heterocycles. The van der Waals surface area contributed by atoms with Gasteiger partial charge in [-0.3, -0.25) is 4.79 Å². The molecule has 1 fully saturated rings. The van der Waals surface area contributed by atoms with Gasteiger partial charge < -0.3 is 10.2 Å². The van der Waals surface area contributed by atoms with Crippen molar-refractivity contribution in [3.8, 4) is 0 Å². The monoisotopic (exact) mass is 310 g/mol. The summed E-state index contributed by atoms with van der Waals surface area (Å²) in [5.74, 6) is 1.34. The molecule has 1 aliphatic rings. The standard InChI is InChI=1S/C18H22N4O/c1-14-6-5-11-22(13-14)17-10-9-16(20-21-17)18(23)19-12-15-7-3-2-4-8-15/h2-4,7-10,14H,5-6,11-13H2,1H3,(H,19,23). The molecule has 5 nitrogen and oxygen atoms in total. The molecule has 1 unspecified atom stereocenters. The van der Waals surface area contributed by atoms with Gasteiger partial charge >= 0.3 is 0 Å². The fraction of sp³-hybridized carbons (Fsp3) is 0.389. The van der Waals surface area contributed by atoms with Crippen LogP contribution in [0.3, 0.4) is 0 Å². The SMILES string of the molecule is CC1CCCN(c2ccc(C(=O)NCc3ccccc3)nn2)C1. The first-order chi connectivity index (χ1) is 11.2. The normalized spacial score (nSPS) is 17.8. The Bertz CT molecular complexity index is 642. The summed E-state index contributed by atoms with van der Waals surface area (Å²) >= 11 is 0. The predicted molar refractivity (Wildman–Crippen MR) is 90.3 cm³/mol. The van der Waals surface area contributed by atoms with Crippen molar-refractivity contribution in [2.45, 2.75) is 26.3 Å². The maximum atomic E-state index is 12.1. The van der Waals surface area contributed by atoms with Crippen LogP contribution in [0.5, 0.6) is 0 Å². The van der Waals surface area contributed by atoms with Gasteiger partial charge in [0.1, 0.15) is 0 Å². The molecule has 120 valence electrons. The molecule has 1 saturated heterocycles. The van der Waals surface area contributed by atoms with Gasteiger partial charge in [0.25, 0.3) is 5.91 Å². The number of piperidine rings is 1. The second kappa shape index (κ2) is 7.22. The number of carbonyl (C=O) groups excluding carboxylic acids is 1. The lowest BCUT2D eigenvalue weighted by molar-refractivity contribution is 0.0945. The van der Waals surface area contributed by atoms with Crippen molar-refractivity contribution < 1.29 is 4.79 Å². The number of benzene rings is 1. The number of aromatic nitrogens is 2.